The zero-order valence-corrected chi connectivity index (χ0v) is 7.60. The Labute approximate surface area is 81.0 Å². The van der Waals surface area contributed by atoms with Crippen molar-refractivity contribution in [3.63, 3.8) is 0 Å². The summed E-state index contributed by atoms with van der Waals surface area (Å²) in [5.41, 5.74) is 0. The number of hydrogen-bond donors (Lipinski definition) is 0. The second-order valence-electron chi connectivity index (χ2n) is 2.54. The number of hydrogen-bond acceptors (Lipinski definition) is 3. The largest absolute Gasteiger partial charge is 0.406 e. The number of thiazole rings is 1. The van der Waals surface area contributed by atoms with E-state index in [1.807, 2.05) is 0 Å². The lowest BCUT2D eigenvalue weighted by molar-refractivity contribution is -0.162. The van der Waals surface area contributed by atoms with Gasteiger partial charge in [0, 0.05) is 11.6 Å². The van der Waals surface area contributed by atoms with Gasteiger partial charge < -0.3 is 4.57 Å². The Morgan fingerprint density at radius 2 is 2.29 bits per heavy atom. The average molecular weight is 222 g/mol. The first kappa shape index (κ1) is 10.8. The molecule has 0 fully saturated rings. The molecule has 1 aromatic rings. The maximum absolute atomic E-state index is 12.1. The molecule has 1 atom stereocenters. The van der Waals surface area contributed by atoms with Gasteiger partial charge in [-0.1, -0.05) is 11.3 Å². The molecule has 3 nitrogen and oxygen atoms in total. The zero-order chi connectivity index (χ0) is 10.8. The van der Waals surface area contributed by atoms with Crippen molar-refractivity contribution in [3.05, 3.63) is 21.2 Å². The Balaban J connectivity index is 2.84. The Morgan fingerprint density at radius 1 is 1.64 bits per heavy atom. The molecule has 1 heterocycles. The van der Waals surface area contributed by atoms with Crippen LogP contribution in [-0.2, 0) is 6.54 Å². The predicted molar refractivity (Wildman–Crippen MR) is 43.7 cm³/mol. The van der Waals surface area contributed by atoms with Crippen LogP contribution in [0.2, 0.25) is 0 Å². The molecule has 0 aromatic carbocycles. The summed E-state index contributed by atoms with van der Waals surface area (Å²) in [6, 6.07) is 1.13. The third kappa shape index (κ3) is 2.35. The zero-order valence-electron chi connectivity index (χ0n) is 6.78. The van der Waals surface area contributed by atoms with Gasteiger partial charge in [-0.15, -0.1) is 0 Å². The predicted octanol–water partition coefficient (Wildman–Crippen LogP) is 1.61. The van der Waals surface area contributed by atoms with Crippen LogP contribution in [0.25, 0.3) is 0 Å². The highest BCUT2D eigenvalue weighted by Gasteiger charge is 2.40. The highest BCUT2D eigenvalue weighted by atomic mass is 32.1. The van der Waals surface area contributed by atoms with Gasteiger partial charge in [0.25, 0.3) is 0 Å². The van der Waals surface area contributed by atoms with Gasteiger partial charge in [0.05, 0.1) is 12.6 Å². The first-order valence-electron chi connectivity index (χ1n) is 3.55. The Morgan fingerprint density at radius 3 is 2.64 bits per heavy atom. The van der Waals surface area contributed by atoms with Gasteiger partial charge in [-0.05, 0) is 0 Å². The number of halogens is 3. The van der Waals surface area contributed by atoms with Gasteiger partial charge in [-0.25, -0.2) is 0 Å². The average Bonchev–Trinajstić information content (AvgIpc) is 2.45. The van der Waals surface area contributed by atoms with Crippen LogP contribution < -0.4 is 4.87 Å². The standard InChI is InChI=1S/C7H5F3N2OS/c8-7(9,10)5(3-11)4-12-1-2-14-6(12)13/h1-2,5H,4H2. The van der Waals surface area contributed by atoms with Crippen LogP contribution in [0.5, 0.6) is 0 Å². The van der Waals surface area contributed by atoms with E-state index in [-0.39, 0.29) is 0 Å². The van der Waals surface area contributed by atoms with Crippen molar-refractivity contribution in [2.75, 3.05) is 0 Å². The Kier molecular flexibility index (Phi) is 2.96. The summed E-state index contributed by atoms with van der Waals surface area (Å²) < 4.78 is 37.2. The lowest BCUT2D eigenvalue weighted by Crippen LogP contribution is -2.28. The molecule has 0 N–H and O–H groups in total. The molecule has 0 aliphatic heterocycles. The van der Waals surface area contributed by atoms with E-state index in [1.165, 1.54) is 11.6 Å². The van der Waals surface area contributed by atoms with Gasteiger partial charge in [0.1, 0.15) is 0 Å². The molecular formula is C7H5F3N2OS. The van der Waals surface area contributed by atoms with Crippen molar-refractivity contribution in [3.8, 4) is 6.07 Å². The Hall–Kier alpha value is -1.29. The van der Waals surface area contributed by atoms with Gasteiger partial charge in [0.2, 0.25) is 0 Å². The molecule has 76 valence electrons. The highest BCUT2D eigenvalue weighted by Crippen LogP contribution is 2.26. The maximum atomic E-state index is 12.1. The molecule has 0 radical (unpaired) electrons. The smallest absolute Gasteiger partial charge is 0.304 e. The molecule has 1 unspecified atom stereocenters. The molecule has 1 rings (SSSR count). The van der Waals surface area contributed by atoms with E-state index in [9.17, 15) is 18.0 Å². The number of nitrogens with zero attached hydrogens (tertiary/aromatic N) is 2. The molecule has 1 aromatic heterocycles. The minimum Gasteiger partial charge on any atom is -0.304 e. The van der Waals surface area contributed by atoms with E-state index in [2.05, 4.69) is 0 Å². The third-order valence-electron chi connectivity index (χ3n) is 1.57. The normalized spacial score (nSPS) is 13.6. The molecule has 0 bridgehead atoms. The summed E-state index contributed by atoms with van der Waals surface area (Å²) in [7, 11) is 0. The van der Waals surface area contributed by atoms with Crippen molar-refractivity contribution in [2.24, 2.45) is 5.92 Å². The molecule has 0 spiro atoms. The van der Waals surface area contributed by atoms with Gasteiger partial charge in [0.15, 0.2) is 5.92 Å². The summed E-state index contributed by atoms with van der Waals surface area (Å²) in [4.78, 5) is 10.4. The SMILES string of the molecule is N#CC(Cn1ccsc1=O)C(F)(F)F. The minimum atomic E-state index is -4.59. The minimum absolute atomic E-state index is 0.491. The van der Waals surface area contributed by atoms with Gasteiger partial charge in [-0.2, -0.15) is 18.4 Å². The monoisotopic (exact) mass is 222 g/mol. The van der Waals surface area contributed by atoms with Gasteiger partial charge in [-0.3, -0.25) is 4.79 Å². The lowest BCUT2D eigenvalue weighted by Gasteiger charge is -2.12. The van der Waals surface area contributed by atoms with Crippen LogP contribution in [0.1, 0.15) is 0 Å². The molecule has 0 aliphatic carbocycles. The fourth-order valence-electron chi connectivity index (χ4n) is 0.840. The van der Waals surface area contributed by atoms with Crippen LogP contribution in [0.15, 0.2) is 16.4 Å². The second-order valence-corrected chi connectivity index (χ2v) is 3.40. The highest BCUT2D eigenvalue weighted by molar-refractivity contribution is 7.07. The van der Waals surface area contributed by atoms with Crippen molar-refractivity contribution >= 4 is 11.3 Å². The van der Waals surface area contributed by atoms with Crippen LogP contribution in [-0.4, -0.2) is 10.7 Å². The van der Waals surface area contributed by atoms with E-state index in [0.717, 1.165) is 22.0 Å². The quantitative estimate of drug-likeness (QED) is 0.763. The summed E-state index contributed by atoms with van der Waals surface area (Å²) in [6.45, 7) is -0.637. The van der Waals surface area contributed by atoms with Crippen LogP contribution in [0, 0.1) is 17.2 Å². The fourth-order valence-corrected chi connectivity index (χ4v) is 1.44. The van der Waals surface area contributed by atoms with Gasteiger partial charge >= 0.3 is 11.0 Å². The van der Waals surface area contributed by atoms with Crippen molar-refractivity contribution < 1.29 is 13.2 Å². The third-order valence-corrected chi connectivity index (χ3v) is 2.27. The van der Waals surface area contributed by atoms with Crippen LogP contribution >= 0.6 is 11.3 Å². The molecule has 14 heavy (non-hydrogen) atoms. The fraction of sp³-hybridized carbons (Fsp3) is 0.429. The Bertz CT molecular complexity index is 400. The number of nitriles is 1. The van der Waals surface area contributed by atoms with Crippen molar-refractivity contribution in [2.45, 2.75) is 12.7 Å². The lowest BCUT2D eigenvalue weighted by atomic mass is 10.1. The molecule has 0 amide bonds. The van der Waals surface area contributed by atoms with Crippen LogP contribution in [0.4, 0.5) is 13.2 Å². The molecule has 0 saturated carbocycles. The van der Waals surface area contributed by atoms with E-state index in [0.29, 0.717) is 0 Å². The topological polar surface area (TPSA) is 45.8 Å². The number of alkyl halides is 3. The summed E-state index contributed by atoms with van der Waals surface area (Å²) in [5, 5.41) is 9.65. The number of rotatable bonds is 2. The second kappa shape index (κ2) is 3.84. The first-order chi connectivity index (χ1) is 6.45. The van der Waals surface area contributed by atoms with Crippen molar-refractivity contribution in [1.29, 1.82) is 5.26 Å². The maximum Gasteiger partial charge on any atom is 0.406 e. The van der Waals surface area contributed by atoms with E-state index in [4.69, 9.17) is 5.26 Å². The van der Waals surface area contributed by atoms with Crippen molar-refractivity contribution in [1.82, 2.24) is 4.57 Å². The number of aromatic nitrogens is 1. The van der Waals surface area contributed by atoms with E-state index >= 15 is 0 Å². The summed E-state index contributed by atoms with van der Waals surface area (Å²) in [5.74, 6) is -2.13. The van der Waals surface area contributed by atoms with Crippen LogP contribution in [0.3, 0.4) is 0 Å². The molecule has 0 saturated heterocycles. The summed E-state index contributed by atoms with van der Waals surface area (Å²) >= 11 is 0.798. The molecule has 7 heteroatoms. The molecule has 0 aliphatic rings. The summed E-state index contributed by atoms with van der Waals surface area (Å²) in [6.07, 6.45) is -3.35. The first-order valence-corrected chi connectivity index (χ1v) is 4.43. The van der Waals surface area contributed by atoms with E-state index < -0.39 is 23.5 Å². The van der Waals surface area contributed by atoms with E-state index in [1.54, 1.807) is 0 Å². The molecular weight excluding hydrogens is 217 g/mol.